The third kappa shape index (κ3) is 2.18. The van der Waals surface area contributed by atoms with Gasteiger partial charge in [-0.2, -0.15) is 16.9 Å². The monoisotopic (exact) mass is 255 g/mol. The molecule has 1 aromatic heterocycles. The summed E-state index contributed by atoms with van der Waals surface area (Å²) < 4.78 is 7.57. The van der Waals surface area contributed by atoms with Gasteiger partial charge in [-0.3, -0.25) is 4.68 Å². The molecule has 17 heavy (non-hydrogen) atoms. The molecule has 0 aliphatic carbocycles. The second-order valence-corrected chi connectivity index (χ2v) is 6.34. The van der Waals surface area contributed by atoms with E-state index >= 15 is 0 Å². The van der Waals surface area contributed by atoms with Gasteiger partial charge in [0.15, 0.2) is 5.75 Å². The zero-order valence-electron chi connectivity index (χ0n) is 11.0. The average molecular weight is 255 g/mol. The molecule has 5 heteroatoms. The van der Waals surface area contributed by atoms with Gasteiger partial charge in [-0.1, -0.05) is 0 Å². The molecular formula is C12H21N3OS. The van der Waals surface area contributed by atoms with Gasteiger partial charge in [0.2, 0.25) is 0 Å². The number of ether oxygens (including phenoxy) is 1. The Hall–Kier alpha value is -0.680. The number of nitrogens with one attached hydrogen (secondary N) is 1. The minimum absolute atomic E-state index is 0.232. The van der Waals surface area contributed by atoms with E-state index in [0.29, 0.717) is 0 Å². The second kappa shape index (κ2) is 4.90. The summed E-state index contributed by atoms with van der Waals surface area (Å²) in [6.07, 6.45) is 4.32. The average Bonchev–Trinajstić information content (AvgIpc) is 2.89. The molecule has 2 atom stereocenters. The number of hydrogen-bond donors (Lipinski definition) is 1. The molecule has 4 nitrogen and oxygen atoms in total. The molecule has 0 amide bonds. The molecule has 2 rings (SSSR count). The fourth-order valence-corrected chi connectivity index (χ4v) is 4.11. The van der Waals surface area contributed by atoms with Crippen LogP contribution in [-0.2, 0) is 7.05 Å². The summed E-state index contributed by atoms with van der Waals surface area (Å²) in [5.41, 5.74) is 1.15. The van der Waals surface area contributed by atoms with Crippen molar-refractivity contribution in [3.05, 3.63) is 11.9 Å². The van der Waals surface area contributed by atoms with Crippen LogP contribution in [0.2, 0.25) is 0 Å². The predicted octanol–water partition coefficient (Wildman–Crippen LogP) is 1.97. The lowest BCUT2D eigenvalue weighted by atomic mass is 9.93. The van der Waals surface area contributed by atoms with Crippen LogP contribution >= 0.6 is 11.8 Å². The maximum atomic E-state index is 5.42. The number of aryl methyl sites for hydroxylation is 1. The van der Waals surface area contributed by atoms with Crippen LogP contribution in [0.15, 0.2) is 6.20 Å². The molecule has 0 spiro atoms. The molecule has 0 bridgehead atoms. The first-order valence-electron chi connectivity index (χ1n) is 5.99. The lowest BCUT2D eigenvalue weighted by Crippen LogP contribution is -2.37. The minimum atomic E-state index is 0.232. The SMILES string of the molecule is CNC(c1c(OC)cnn1C)C1(C)CCCS1. The third-order valence-electron chi connectivity index (χ3n) is 3.59. The predicted molar refractivity (Wildman–Crippen MR) is 71.7 cm³/mol. The highest BCUT2D eigenvalue weighted by Gasteiger charge is 2.40. The van der Waals surface area contributed by atoms with Crippen molar-refractivity contribution in [2.24, 2.45) is 7.05 Å². The van der Waals surface area contributed by atoms with Crippen molar-refractivity contribution < 1.29 is 4.74 Å². The number of aromatic nitrogens is 2. The Labute approximate surface area is 107 Å². The Morgan fingerprint density at radius 1 is 1.65 bits per heavy atom. The maximum Gasteiger partial charge on any atom is 0.161 e. The van der Waals surface area contributed by atoms with Gasteiger partial charge in [0, 0.05) is 11.8 Å². The molecule has 0 aromatic carbocycles. The first kappa shape index (κ1) is 12.8. The summed E-state index contributed by atoms with van der Waals surface area (Å²) in [4.78, 5) is 0. The number of nitrogens with zero attached hydrogens (tertiary/aromatic N) is 2. The topological polar surface area (TPSA) is 39.1 Å². The van der Waals surface area contributed by atoms with Crippen molar-refractivity contribution >= 4 is 11.8 Å². The lowest BCUT2D eigenvalue weighted by Gasteiger charge is -2.33. The molecule has 0 radical (unpaired) electrons. The summed E-state index contributed by atoms with van der Waals surface area (Å²) in [5.74, 6) is 2.12. The molecule has 1 N–H and O–H groups in total. The molecule has 1 aromatic rings. The Morgan fingerprint density at radius 2 is 2.41 bits per heavy atom. The van der Waals surface area contributed by atoms with Crippen LogP contribution in [0.1, 0.15) is 31.5 Å². The van der Waals surface area contributed by atoms with Crippen molar-refractivity contribution in [2.45, 2.75) is 30.6 Å². The van der Waals surface area contributed by atoms with Gasteiger partial charge in [0.1, 0.15) is 0 Å². The Kier molecular flexibility index (Phi) is 3.68. The highest BCUT2D eigenvalue weighted by Crippen LogP contribution is 2.47. The van der Waals surface area contributed by atoms with Gasteiger partial charge in [-0.05, 0) is 32.6 Å². The Morgan fingerprint density at radius 3 is 2.94 bits per heavy atom. The van der Waals surface area contributed by atoms with E-state index in [4.69, 9.17) is 4.74 Å². The van der Waals surface area contributed by atoms with E-state index in [1.54, 1.807) is 13.3 Å². The lowest BCUT2D eigenvalue weighted by molar-refractivity contribution is 0.372. The van der Waals surface area contributed by atoms with Crippen molar-refractivity contribution in [3.8, 4) is 5.75 Å². The van der Waals surface area contributed by atoms with Crippen molar-refractivity contribution in [2.75, 3.05) is 19.9 Å². The van der Waals surface area contributed by atoms with Crippen LogP contribution in [-0.4, -0.2) is 34.4 Å². The molecular weight excluding hydrogens is 234 g/mol. The van der Waals surface area contributed by atoms with Gasteiger partial charge < -0.3 is 10.1 Å². The molecule has 1 saturated heterocycles. The van der Waals surface area contributed by atoms with E-state index in [-0.39, 0.29) is 10.8 Å². The van der Waals surface area contributed by atoms with Crippen LogP contribution in [0.5, 0.6) is 5.75 Å². The van der Waals surface area contributed by atoms with Gasteiger partial charge in [0.25, 0.3) is 0 Å². The largest absolute Gasteiger partial charge is 0.493 e. The number of hydrogen-bond acceptors (Lipinski definition) is 4. The maximum absolute atomic E-state index is 5.42. The summed E-state index contributed by atoms with van der Waals surface area (Å²) in [5, 5.41) is 7.74. The van der Waals surface area contributed by atoms with Gasteiger partial charge in [-0.25, -0.2) is 0 Å². The summed E-state index contributed by atoms with van der Waals surface area (Å²) in [6, 6.07) is 0.275. The number of thioether (sulfide) groups is 1. The number of rotatable bonds is 4. The standard InChI is InChI=1S/C12H21N3OS/c1-12(6-5-7-17-12)11(13-2)10-9(16-4)8-14-15(10)3/h8,11,13H,5-7H2,1-4H3. The third-order valence-corrected chi connectivity index (χ3v) is 5.18. The number of methoxy groups -OCH3 is 1. The Balaban J connectivity index is 2.37. The van der Waals surface area contributed by atoms with Crippen LogP contribution < -0.4 is 10.1 Å². The highest BCUT2D eigenvalue weighted by molar-refractivity contribution is 8.00. The molecule has 1 aliphatic heterocycles. The van der Waals surface area contributed by atoms with Crippen LogP contribution in [0.25, 0.3) is 0 Å². The molecule has 2 heterocycles. The fraction of sp³-hybridized carbons (Fsp3) is 0.750. The van der Waals surface area contributed by atoms with E-state index < -0.39 is 0 Å². The molecule has 96 valence electrons. The van der Waals surface area contributed by atoms with E-state index in [1.165, 1.54) is 18.6 Å². The van der Waals surface area contributed by atoms with E-state index in [2.05, 4.69) is 17.3 Å². The molecule has 1 aliphatic rings. The van der Waals surface area contributed by atoms with Crippen LogP contribution in [0, 0.1) is 0 Å². The molecule has 1 fully saturated rings. The first-order chi connectivity index (χ1) is 8.12. The smallest absolute Gasteiger partial charge is 0.161 e. The molecule has 2 unspecified atom stereocenters. The molecule has 0 saturated carbocycles. The zero-order valence-corrected chi connectivity index (χ0v) is 11.8. The van der Waals surface area contributed by atoms with Crippen molar-refractivity contribution in [1.82, 2.24) is 15.1 Å². The van der Waals surface area contributed by atoms with E-state index in [0.717, 1.165) is 11.4 Å². The summed E-state index contributed by atoms with van der Waals surface area (Å²) in [6.45, 7) is 2.33. The minimum Gasteiger partial charge on any atom is -0.493 e. The highest BCUT2D eigenvalue weighted by atomic mass is 32.2. The zero-order chi connectivity index (χ0) is 12.5. The van der Waals surface area contributed by atoms with Gasteiger partial charge in [0.05, 0.1) is 25.0 Å². The Bertz CT molecular complexity index is 385. The van der Waals surface area contributed by atoms with Gasteiger partial charge in [-0.15, -0.1) is 0 Å². The van der Waals surface area contributed by atoms with Crippen molar-refractivity contribution in [3.63, 3.8) is 0 Å². The van der Waals surface area contributed by atoms with E-state index in [9.17, 15) is 0 Å². The van der Waals surface area contributed by atoms with Gasteiger partial charge >= 0.3 is 0 Å². The van der Waals surface area contributed by atoms with Crippen LogP contribution in [0.4, 0.5) is 0 Å². The van der Waals surface area contributed by atoms with E-state index in [1.807, 2.05) is 30.5 Å². The van der Waals surface area contributed by atoms with Crippen molar-refractivity contribution in [1.29, 1.82) is 0 Å². The first-order valence-corrected chi connectivity index (χ1v) is 6.98. The second-order valence-electron chi connectivity index (χ2n) is 4.71. The summed E-state index contributed by atoms with van der Waals surface area (Å²) >= 11 is 2.04. The quantitative estimate of drug-likeness (QED) is 0.893. The fourth-order valence-electron chi connectivity index (χ4n) is 2.67. The normalized spacial score (nSPS) is 26.1. The summed E-state index contributed by atoms with van der Waals surface area (Å²) in [7, 11) is 5.70. The van der Waals surface area contributed by atoms with Crippen LogP contribution in [0.3, 0.4) is 0 Å².